The first-order valence-corrected chi connectivity index (χ1v) is 8.00. The van der Waals surface area contributed by atoms with Gasteiger partial charge in [-0.05, 0) is 52.7 Å². The second kappa shape index (κ2) is 6.46. The number of halogens is 1. The van der Waals surface area contributed by atoms with E-state index in [0.29, 0.717) is 11.3 Å². The van der Waals surface area contributed by atoms with Gasteiger partial charge in [-0.1, -0.05) is 24.3 Å². The highest BCUT2D eigenvalue weighted by Gasteiger charge is 2.16. The fourth-order valence-electron chi connectivity index (χ4n) is 2.40. The van der Waals surface area contributed by atoms with Crippen LogP contribution in [0.2, 0.25) is 0 Å². The second-order valence-corrected chi connectivity index (χ2v) is 6.09. The highest BCUT2D eigenvalue weighted by molar-refractivity contribution is 9.10. The monoisotopic (exact) mass is 373 g/mol. The number of para-hydroxylation sites is 1. The van der Waals surface area contributed by atoms with Crippen molar-refractivity contribution in [3.05, 3.63) is 64.3 Å². The molecule has 1 atom stereocenters. The van der Waals surface area contributed by atoms with Crippen molar-refractivity contribution < 1.29 is 13.9 Å². The van der Waals surface area contributed by atoms with E-state index in [1.165, 1.54) is 0 Å². The van der Waals surface area contributed by atoms with Gasteiger partial charge < -0.3 is 14.5 Å². The van der Waals surface area contributed by atoms with Crippen molar-refractivity contribution in [2.75, 3.05) is 7.11 Å². The summed E-state index contributed by atoms with van der Waals surface area (Å²) in [5, 5.41) is 3.86. The molecule has 3 aromatic rings. The number of amides is 1. The first-order chi connectivity index (χ1) is 11.1. The van der Waals surface area contributed by atoms with Crippen LogP contribution in [0.25, 0.3) is 11.0 Å². The molecule has 3 rings (SSSR count). The SMILES string of the molecule is COc1ccc(C(C)NC(=O)c2cc3ccccc3o2)cc1Br. The van der Waals surface area contributed by atoms with E-state index in [1.54, 1.807) is 13.2 Å². The molecule has 0 spiro atoms. The number of hydrogen-bond acceptors (Lipinski definition) is 3. The number of carbonyl (C=O) groups is 1. The largest absolute Gasteiger partial charge is 0.496 e. The van der Waals surface area contributed by atoms with Crippen LogP contribution in [0.4, 0.5) is 0 Å². The Balaban J connectivity index is 1.77. The molecule has 2 aromatic carbocycles. The van der Waals surface area contributed by atoms with Crippen LogP contribution in [0.15, 0.2) is 57.4 Å². The number of hydrogen-bond donors (Lipinski definition) is 1. The Morgan fingerprint density at radius 1 is 1.22 bits per heavy atom. The van der Waals surface area contributed by atoms with Crippen LogP contribution in [0.3, 0.4) is 0 Å². The van der Waals surface area contributed by atoms with E-state index >= 15 is 0 Å². The van der Waals surface area contributed by atoms with E-state index in [1.807, 2.05) is 49.4 Å². The fourth-order valence-corrected chi connectivity index (χ4v) is 2.96. The highest BCUT2D eigenvalue weighted by atomic mass is 79.9. The van der Waals surface area contributed by atoms with Gasteiger partial charge in [-0.3, -0.25) is 4.79 Å². The quantitative estimate of drug-likeness (QED) is 0.721. The van der Waals surface area contributed by atoms with Gasteiger partial charge in [-0.2, -0.15) is 0 Å². The number of furan rings is 1. The zero-order valence-corrected chi connectivity index (χ0v) is 14.4. The van der Waals surface area contributed by atoms with Crippen molar-refractivity contribution in [3.8, 4) is 5.75 Å². The molecule has 118 valence electrons. The van der Waals surface area contributed by atoms with E-state index in [4.69, 9.17) is 9.15 Å². The molecule has 1 aromatic heterocycles. The molecule has 0 aliphatic heterocycles. The van der Waals surface area contributed by atoms with E-state index in [0.717, 1.165) is 21.2 Å². The number of nitrogens with one attached hydrogen (secondary N) is 1. The van der Waals surface area contributed by atoms with Crippen LogP contribution in [-0.2, 0) is 0 Å². The summed E-state index contributed by atoms with van der Waals surface area (Å²) in [5.41, 5.74) is 1.68. The fraction of sp³-hybridized carbons (Fsp3) is 0.167. The van der Waals surface area contributed by atoms with Gasteiger partial charge in [-0.15, -0.1) is 0 Å². The zero-order chi connectivity index (χ0) is 16.4. The maximum atomic E-state index is 12.4. The van der Waals surface area contributed by atoms with Gasteiger partial charge in [0.2, 0.25) is 0 Å². The van der Waals surface area contributed by atoms with Gasteiger partial charge in [0.1, 0.15) is 11.3 Å². The Labute approximate surface area is 142 Å². The lowest BCUT2D eigenvalue weighted by atomic mass is 10.1. The molecule has 0 saturated carbocycles. The van der Waals surface area contributed by atoms with Crippen molar-refractivity contribution in [2.24, 2.45) is 0 Å². The topological polar surface area (TPSA) is 51.5 Å². The lowest BCUT2D eigenvalue weighted by Crippen LogP contribution is -2.26. The Morgan fingerprint density at radius 2 is 2.00 bits per heavy atom. The van der Waals surface area contributed by atoms with Crippen LogP contribution in [0, 0.1) is 0 Å². The summed E-state index contributed by atoms with van der Waals surface area (Å²) in [6.45, 7) is 1.93. The minimum Gasteiger partial charge on any atom is -0.496 e. The van der Waals surface area contributed by atoms with Crippen LogP contribution >= 0.6 is 15.9 Å². The van der Waals surface area contributed by atoms with Crippen molar-refractivity contribution in [1.29, 1.82) is 0 Å². The lowest BCUT2D eigenvalue weighted by Gasteiger charge is -2.14. The molecule has 0 bridgehead atoms. The molecule has 5 heteroatoms. The van der Waals surface area contributed by atoms with E-state index < -0.39 is 0 Å². The molecule has 1 unspecified atom stereocenters. The van der Waals surface area contributed by atoms with Gasteiger partial charge >= 0.3 is 0 Å². The molecule has 0 radical (unpaired) electrons. The molecule has 0 saturated heterocycles. The minimum absolute atomic E-state index is 0.155. The summed E-state index contributed by atoms with van der Waals surface area (Å²) in [6.07, 6.45) is 0. The van der Waals surface area contributed by atoms with Crippen LogP contribution in [0.1, 0.15) is 29.1 Å². The van der Waals surface area contributed by atoms with Gasteiger partial charge in [0.05, 0.1) is 17.6 Å². The lowest BCUT2D eigenvalue weighted by molar-refractivity contribution is 0.0914. The third-order valence-corrected chi connectivity index (χ3v) is 4.29. The molecule has 1 N–H and O–H groups in total. The van der Waals surface area contributed by atoms with Crippen LogP contribution < -0.4 is 10.1 Å². The van der Waals surface area contributed by atoms with Gasteiger partial charge in [-0.25, -0.2) is 0 Å². The number of carbonyl (C=O) groups excluding carboxylic acids is 1. The third kappa shape index (κ3) is 3.24. The minimum atomic E-state index is -0.236. The van der Waals surface area contributed by atoms with Crippen molar-refractivity contribution >= 4 is 32.8 Å². The van der Waals surface area contributed by atoms with Crippen molar-refractivity contribution in [3.63, 3.8) is 0 Å². The van der Waals surface area contributed by atoms with Gasteiger partial charge in [0, 0.05) is 5.39 Å². The van der Waals surface area contributed by atoms with Crippen LogP contribution in [-0.4, -0.2) is 13.0 Å². The molecule has 1 heterocycles. The Bertz CT molecular complexity index is 823. The third-order valence-electron chi connectivity index (χ3n) is 3.67. The molecule has 23 heavy (non-hydrogen) atoms. The average Bonchev–Trinajstić information content (AvgIpc) is 2.99. The van der Waals surface area contributed by atoms with E-state index in [9.17, 15) is 4.79 Å². The average molecular weight is 374 g/mol. The molecule has 1 amide bonds. The van der Waals surface area contributed by atoms with Gasteiger partial charge in [0.15, 0.2) is 5.76 Å². The number of ether oxygens (including phenoxy) is 1. The van der Waals surface area contributed by atoms with Crippen molar-refractivity contribution in [1.82, 2.24) is 5.32 Å². The zero-order valence-electron chi connectivity index (χ0n) is 12.8. The number of rotatable bonds is 4. The molecular formula is C18H16BrNO3. The summed E-state index contributed by atoms with van der Waals surface area (Å²) in [4.78, 5) is 12.4. The number of methoxy groups -OCH3 is 1. The standard InChI is InChI=1S/C18H16BrNO3/c1-11(12-7-8-16(22-2)14(19)9-12)20-18(21)17-10-13-5-3-4-6-15(13)23-17/h3-11H,1-2H3,(H,20,21). The molecular weight excluding hydrogens is 358 g/mol. The Hall–Kier alpha value is -2.27. The normalized spacial score (nSPS) is 12.1. The molecule has 0 aliphatic rings. The molecule has 0 aliphatic carbocycles. The summed E-state index contributed by atoms with van der Waals surface area (Å²) in [6, 6.07) is 14.9. The maximum Gasteiger partial charge on any atom is 0.287 e. The Morgan fingerprint density at radius 3 is 2.70 bits per heavy atom. The Kier molecular flexibility index (Phi) is 4.39. The van der Waals surface area contributed by atoms with E-state index in [2.05, 4.69) is 21.2 Å². The summed E-state index contributed by atoms with van der Waals surface area (Å²) < 4.78 is 11.6. The molecule has 4 nitrogen and oxygen atoms in total. The van der Waals surface area contributed by atoms with Crippen molar-refractivity contribution in [2.45, 2.75) is 13.0 Å². The first kappa shape index (κ1) is 15.6. The number of benzene rings is 2. The number of fused-ring (bicyclic) bond motifs is 1. The smallest absolute Gasteiger partial charge is 0.287 e. The second-order valence-electron chi connectivity index (χ2n) is 5.24. The predicted molar refractivity (Wildman–Crippen MR) is 92.8 cm³/mol. The summed E-state index contributed by atoms with van der Waals surface area (Å²) in [7, 11) is 1.62. The molecule has 0 fully saturated rings. The predicted octanol–water partition coefficient (Wildman–Crippen LogP) is 4.69. The first-order valence-electron chi connectivity index (χ1n) is 7.21. The van der Waals surface area contributed by atoms with E-state index in [-0.39, 0.29) is 11.9 Å². The van der Waals surface area contributed by atoms with Crippen LogP contribution in [0.5, 0.6) is 5.75 Å². The summed E-state index contributed by atoms with van der Waals surface area (Å²) >= 11 is 3.45. The summed E-state index contributed by atoms with van der Waals surface area (Å²) in [5.74, 6) is 0.829. The maximum absolute atomic E-state index is 12.4. The highest BCUT2D eigenvalue weighted by Crippen LogP contribution is 2.28. The van der Waals surface area contributed by atoms with Gasteiger partial charge in [0.25, 0.3) is 5.91 Å².